The van der Waals surface area contributed by atoms with Crippen molar-refractivity contribution in [3.63, 3.8) is 0 Å². The van der Waals surface area contributed by atoms with E-state index in [0.717, 1.165) is 35.0 Å². The van der Waals surface area contributed by atoms with Gasteiger partial charge in [-0.25, -0.2) is 15.0 Å². The lowest BCUT2D eigenvalue weighted by Crippen LogP contribution is -2.13. The van der Waals surface area contributed by atoms with E-state index in [-0.39, 0.29) is 0 Å². The minimum atomic E-state index is 0.488. The van der Waals surface area contributed by atoms with Crippen molar-refractivity contribution in [3.8, 4) is 22.6 Å². The normalized spacial score (nSPS) is 10.4. The van der Waals surface area contributed by atoms with Crippen molar-refractivity contribution in [2.75, 3.05) is 5.01 Å². The van der Waals surface area contributed by atoms with Crippen LogP contribution < -0.4 is 5.01 Å². The minimum absolute atomic E-state index is 0.488. The van der Waals surface area contributed by atoms with Gasteiger partial charge in [0.15, 0.2) is 11.6 Å². The van der Waals surface area contributed by atoms with Crippen molar-refractivity contribution < 1.29 is 9.59 Å². The van der Waals surface area contributed by atoms with Gasteiger partial charge in [0.1, 0.15) is 12.6 Å². The predicted molar refractivity (Wildman–Crippen MR) is 127 cm³/mol. The van der Waals surface area contributed by atoms with Crippen molar-refractivity contribution in [1.82, 2.24) is 9.97 Å². The molecule has 0 radical (unpaired) electrons. The summed E-state index contributed by atoms with van der Waals surface area (Å²) >= 11 is 0. The molecule has 0 fully saturated rings. The van der Waals surface area contributed by atoms with E-state index >= 15 is 0 Å². The van der Waals surface area contributed by atoms with Gasteiger partial charge in [-0.05, 0) is 19.1 Å². The monoisotopic (exact) mass is 420 g/mol. The zero-order chi connectivity index (χ0) is 22.5. The van der Waals surface area contributed by atoms with Gasteiger partial charge in [-0.1, -0.05) is 66.7 Å². The number of hydrogen-bond acceptors (Lipinski definition) is 6. The van der Waals surface area contributed by atoms with Crippen molar-refractivity contribution in [2.24, 2.45) is 5.10 Å². The minimum Gasteiger partial charge on any atom is -0.298 e. The van der Waals surface area contributed by atoms with Crippen molar-refractivity contribution >= 4 is 30.8 Å². The quantitative estimate of drug-likeness (QED) is 0.224. The summed E-state index contributed by atoms with van der Waals surface area (Å²) in [5.74, 6) is 1.08. The second-order valence-corrected chi connectivity index (χ2v) is 7.11. The SMILES string of the molecule is C=NN(c1ccccc1)c1nc(-c2ccc(C=O)cc2)nc(-c2ccc(C=O)cc2)c1C. The predicted octanol–water partition coefficient (Wildman–Crippen LogP) is 5.50. The number of para-hydroxylation sites is 1. The number of nitrogens with zero attached hydrogens (tertiary/aromatic N) is 4. The molecule has 0 amide bonds. The average Bonchev–Trinajstić information content (AvgIpc) is 2.86. The smallest absolute Gasteiger partial charge is 0.162 e. The lowest BCUT2D eigenvalue weighted by molar-refractivity contribution is 0.111. The fourth-order valence-corrected chi connectivity index (χ4v) is 3.39. The first-order chi connectivity index (χ1) is 15.6. The standard InChI is InChI=1S/C26H20N4O2/c1-18-24(21-12-8-19(16-31)9-13-21)28-25(22-14-10-20(17-32)11-15-22)29-26(18)30(27-2)23-6-4-3-5-7-23/h3-17H,2H2,1H3. The van der Waals surface area contributed by atoms with E-state index in [4.69, 9.17) is 9.97 Å². The summed E-state index contributed by atoms with van der Waals surface area (Å²) in [6.07, 6.45) is 1.60. The Morgan fingerprint density at radius 1 is 0.781 bits per heavy atom. The molecular formula is C26H20N4O2. The Kier molecular flexibility index (Phi) is 5.94. The van der Waals surface area contributed by atoms with Crippen LogP contribution in [0.15, 0.2) is 84.0 Å². The van der Waals surface area contributed by atoms with Gasteiger partial charge >= 0.3 is 0 Å². The van der Waals surface area contributed by atoms with E-state index in [9.17, 15) is 9.59 Å². The van der Waals surface area contributed by atoms with E-state index < -0.39 is 0 Å². The molecule has 6 nitrogen and oxygen atoms in total. The molecule has 1 heterocycles. The highest BCUT2D eigenvalue weighted by Gasteiger charge is 2.19. The zero-order valence-corrected chi connectivity index (χ0v) is 17.5. The van der Waals surface area contributed by atoms with Crippen LogP contribution in [0, 0.1) is 6.92 Å². The van der Waals surface area contributed by atoms with Crippen LogP contribution in [0.1, 0.15) is 26.3 Å². The molecule has 0 N–H and O–H groups in total. The summed E-state index contributed by atoms with van der Waals surface area (Å²) in [4.78, 5) is 31.7. The fourth-order valence-electron chi connectivity index (χ4n) is 3.39. The molecule has 0 aliphatic rings. The van der Waals surface area contributed by atoms with E-state index in [1.165, 1.54) is 0 Å². The third-order valence-electron chi connectivity index (χ3n) is 5.09. The lowest BCUT2D eigenvalue weighted by Gasteiger charge is -2.22. The van der Waals surface area contributed by atoms with Crippen LogP contribution in [0.5, 0.6) is 0 Å². The molecule has 0 atom stereocenters. The second kappa shape index (κ2) is 9.14. The Labute approximate surface area is 185 Å². The van der Waals surface area contributed by atoms with E-state index in [0.29, 0.717) is 28.5 Å². The number of aromatic nitrogens is 2. The van der Waals surface area contributed by atoms with Crippen LogP contribution in [-0.4, -0.2) is 29.3 Å². The molecule has 0 aliphatic heterocycles. The number of rotatable bonds is 7. The van der Waals surface area contributed by atoms with Gasteiger partial charge in [-0.2, -0.15) is 5.10 Å². The maximum Gasteiger partial charge on any atom is 0.162 e. The molecule has 3 aromatic carbocycles. The number of aldehydes is 2. The molecule has 0 saturated heterocycles. The largest absolute Gasteiger partial charge is 0.298 e. The molecule has 0 unspecified atom stereocenters. The molecule has 0 bridgehead atoms. The van der Waals surface area contributed by atoms with Crippen LogP contribution in [0.4, 0.5) is 11.5 Å². The summed E-state index contributed by atoms with van der Waals surface area (Å²) in [5.41, 5.74) is 5.11. The average molecular weight is 420 g/mol. The van der Waals surface area contributed by atoms with E-state index in [1.807, 2.05) is 61.5 Å². The van der Waals surface area contributed by atoms with Gasteiger partial charge < -0.3 is 0 Å². The Morgan fingerprint density at radius 2 is 1.34 bits per heavy atom. The second-order valence-electron chi connectivity index (χ2n) is 7.11. The van der Waals surface area contributed by atoms with Crippen molar-refractivity contribution in [1.29, 1.82) is 0 Å². The number of benzene rings is 3. The summed E-state index contributed by atoms with van der Waals surface area (Å²) < 4.78 is 0. The molecule has 0 saturated carbocycles. The first-order valence-electron chi connectivity index (χ1n) is 9.96. The highest BCUT2D eigenvalue weighted by Crippen LogP contribution is 2.34. The van der Waals surface area contributed by atoms with Crippen LogP contribution in [0.25, 0.3) is 22.6 Å². The first-order valence-corrected chi connectivity index (χ1v) is 9.96. The molecule has 4 rings (SSSR count). The van der Waals surface area contributed by atoms with Gasteiger partial charge in [0.05, 0.1) is 11.4 Å². The summed E-state index contributed by atoms with van der Waals surface area (Å²) in [6, 6.07) is 23.9. The fraction of sp³-hybridized carbons (Fsp3) is 0.0385. The maximum atomic E-state index is 11.1. The topological polar surface area (TPSA) is 75.5 Å². The van der Waals surface area contributed by atoms with Gasteiger partial charge in [0, 0.05) is 34.5 Å². The summed E-state index contributed by atoms with van der Waals surface area (Å²) in [6.45, 7) is 5.67. The summed E-state index contributed by atoms with van der Waals surface area (Å²) in [7, 11) is 0. The molecule has 6 heteroatoms. The van der Waals surface area contributed by atoms with Crippen LogP contribution >= 0.6 is 0 Å². The van der Waals surface area contributed by atoms with Gasteiger partial charge in [-0.15, -0.1) is 0 Å². The highest BCUT2D eigenvalue weighted by molar-refractivity contribution is 5.80. The molecule has 1 aromatic heterocycles. The molecule has 0 aliphatic carbocycles. The maximum absolute atomic E-state index is 11.1. The third-order valence-corrected chi connectivity index (χ3v) is 5.09. The van der Waals surface area contributed by atoms with Crippen molar-refractivity contribution in [3.05, 3.63) is 95.6 Å². The zero-order valence-electron chi connectivity index (χ0n) is 17.5. The number of hydrazone groups is 1. The van der Waals surface area contributed by atoms with E-state index in [1.54, 1.807) is 29.3 Å². The van der Waals surface area contributed by atoms with Crippen LogP contribution in [0.2, 0.25) is 0 Å². The Hall–Kier alpha value is -4.45. The molecular weight excluding hydrogens is 400 g/mol. The van der Waals surface area contributed by atoms with Gasteiger partial charge in [0.2, 0.25) is 0 Å². The Bertz CT molecular complexity index is 1270. The number of anilines is 2. The number of hydrogen-bond donors (Lipinski definition) is 0. The van der Waals surface area contributed by atoms with Crippen molar-refractivity contribution in [2.45, 2.75) is 6.92 Å². The van der Waals surface area contributed by atoms with Crippen LogP contribution in [-0.2, 0) is 0 Å². The lowest BCUT2D eigenvalue weighted by atomic mass is 10.0. The third kappa shape index (κ3) is 4.06. The van der Waals surface area contributed by atoms with Crippen LogP contribution in [0.3, 0.4) is 0 Å². The highest BCUT2D eigenvalue weighted by atomic mass is 16.1. The molecule has 32 heavy (non-hydrogen) atoms. The number of carbonyl (C=O) groups excluding carboxylic acids is 2. The number of carbonyl (C=O) groups is 2. The summed E-state index contributed by atoms with van der Waals surface area (Å²) in [5, 5.41) is 5.88. The van der Waals surface area contributed by atoms with Gasteiger partial charge in [-0.3, -0.25) is 9.59 Å². The molecule has 156 valence electrons. The molecule has 0 spiro atoms. The van der Waals surface area contributed by atoms with E-state index in [2.05, 4.69) is 11.8 Å². The Balaban J connectivity index is 1.93. The Morgan fingerprint density at radius 3 is 1.88 bits per heavy atom. The van der Waals surface area contributed by atoms with Gasteiger partial charge in [0.25, 0.3) is 0 Å². The first kappa shape index (κ1) is 20.8. The molecule has 4 aromatic rings.